The van der Waals surface area contributed by atoms with E-state index in [1.54, 1.807) is 0 Å². The molecule has 2 heterocycles. The summed E-state index contributed by atoms with van der Waals surface area (Å²) in [5, 5.41) is 2.74. The van der Waals surface area contributed by atoms with Gasteiger partial charge in [-0.05, 0) is 53.8 Å². The van der Waals surface area contributed by atoms with Gasteiger partial charge in [0.25, 0.3) is 5.91 Å². The lowest BCUT2D eigenvalue weighted by molar-refractivity contribution is -0.141. The first-order chi connectivity index (χ1) is 19.8. The third kappa shape index (κ3) is 6.39. The number of hydrogen-bond donors (Lipinski definition) is 1. The lowest BCUT2D eigenvalue weighted by Gasteiger charge is -2.25. The molecule has 3 aromatic rings. The van der Waals surface area contributed by atoms with Crippen LogP contribution in [0.5, 0.6) is 0 Å². The number of hydrogen-bond acceptors (Lipinski definition) is 8. The second-order valence-corrected chi connectivity index (χ2v) is 12.3. The fraction of sp³-hybridized carbons (Fsp3) is 0.357. The number of carbonyl (C=O) groups excluding carboxylic acids is 2. The molecule has 1 N–H and O–H groups in total. The lowest BCUT2D eigenvalue weighted by atomic mass is 10.0. The number of fused-ring (bicyclic) bond motifs is 1. The number of halogens is 3. The van der Waals surface area contributed by atoms with Gasteiger partial charge in [-0.3, -0.25) is 9.59 Å². The van der Waals surface area contributed by atoms with Crippen LogP contribution in [-0.4, -0.2) is 61.1 Å². The predicted molar refractivity (Wildman–Crippen MR) is 146 cm³/mol. The van der Waals surface area contributed by atoms with Gasteiger partial charge in [0.05, 0.1) is 28.5 Å². The minimum atomic E-state index is -4.41. The van der Waals surface area contributed by atoms with Gasteiger partial charge in [-0.2, -0.15) is 13.2 Å². The Kier molecular flexibility index (Phi) is 7.94. The van der Waals surface area contributed by atoms with Crippen molar-refractivity contribution >= 4 is 33.3 Å². The number of anilines is 2. The van der Waals surface area contributed by atoms with Gasteiger partial charge in [-0.15, -0.1) is 0 Å². The maximum absolute atomic E-state index is 13.4. The summed E-state index contributed by atoms with van der Waals surface area (Å²) in [6.45, 7) is 0.0958. The fourth-order valence-electron chi connectivity index (χ4n) is 4.87. The van der Waals surface area contributed by atoms with E-state index in [-0.39, 0.29) is 29.8 Å². The SMILES string of the molecule is COCC(=O)N1Cc2cc(S(C)(=O)=O)ccc2[C@@H]1C(=O)Nc1cnc(N(Cc2ccc(C(F)(F)F)cc2)C2CC2)nc1. The summed E-state index contributed by atoms with van der Waals surface area (Å²) < 4.78 is 67.9. The Morgan fingerprint density at radius 2 is 1.76 bits per heavy atom. The highest BCUT2D eigenvalue weighted by Crippen LogP contribution is 2.37. The largest absolute Gasteiger partial charge is 0.416 e. The number of sulfone groups is 1. The van der Waals surface area contributed by atoms with Crippen LogP contribution in [0.15, 0.2) is 59.8 Å². The predicted octanol–water partition coefficient (Wildman–Crippen LogP) is 3.74. The Morgan fingerprint density at radius 3 is 2.33 bits per heavy atom. The zero-order chi connectivity index (χ0) is 30.2. The van der Waals surface area contributed by atoms with Gasteiger partial charge in [-0.25, -0.2) is 18.4 Å². The van der Waals surface area contributed by atoms with Gasteiger partial charge in [0, 0.05) is 32.5 Å². The van der Waals surface area contributed by atoms with Crippen molar-refractivity contribution in [3.05, 3.63) is 77.1 Å². The molecule has 0 unspecified atom stereocenters. The molecule has 2 aliphatic rings. The van der Waals surface area contributed by atoms with Crippen LogP contribution in [-0.2, 0) is 43.4 Å². The fourth-order valence-corrected chi connectivity index (χ4v) is 5.54. The van der Waals surface area contributed by atoms with Gasteiger partial charge in [0.1, 0.15) is 12.6 Å². The third-order valence-electron chi connectivity index (χ3n) is 7.11. The summed E-state index contributed by atoms with van der Waals surface area (Å²) >= 11 is 0. The molecule has 0 saturated heterocycles. The van der Waals surface area contributed by atoms with E-state index in [4.69, 9.17) is 4.74 Å². The van der Waals surface area contributed by atoms with Crippen molar-refractivity contribution in [1.29, 1.82) is 0 Å². The van der Waals surface area contributed by atoms with Gasteiger partial charge < -0.3 is 19.9 Å². The first-order valence-electron chi connectivity index (χ1n) is 13.0. The smallest absolute Gasteiger partial charge is 0.375 e. The van der Waals surface area contributed by atoms with Gasteiger partial charge in [0.15, 0.2) is 9.84 Å². The number of rotatable bonds is 9. The number of nitrogens with zero attached hydrogens (tertiary/aromatic N) is 4. The van der Waals surface area contributed by atoms with Crippen LogP contribution < -0.4 is 10.2 Å². The molecule has 1 aliphatic carbocycles. The van der Waals surface area contributed by atoms with Crippen LogP contribution in [0.25, 0.3) is 0 Å². The van der Waals surface area contributed by atoms with E-state index >= 15 is 0 Å². The maximum atomic E-state index is 13.4. The van der Waals surface area contributed by atoms with Gasteiger partial charge >= 0.3 is 6.18 Å². The molecule has 42 heavy (non-hydrogen) atoms. The molecule has 0 bridgehead atoms. The normalized spacial score (nSPS) is 16.7. The van der Waals surface area contributed by atoms with Crippen LogP contribution >= 0.6 is 0 Å². The monoisotopic (exact) mass is 603 g/mol. The molecular weight excluding hydrogens is 575 g/mol. The Labute approximate surface area is 240 Å². The lowest BCUT2D eigenvalue weighted by Crippen LogP contribution is -2.38. The molecule has 2 amide bonds. The van der Waals surface area contributed by atoms with E-state index in [1.165, 1.54) is 54.7 Å². The second kappa shape index (κ2) is 11.3. The van der Waals surface area contributed by atoms with Crippen molar-refractivity contribution in [2.24, 2.45) is 0 Å². The Bertz CT molecular complexity index is 1590. The van der Waals surface area contributed by atoms with Crippen LogP contribution in [0.4, 0.5) is 24.8 Å². The summed E-state index contributed by atoms with van der Waals surface area (Å²) in [6, 6.07) is 8.48. The van der Waals surface area contributed by atoms with Crippen LogP contribution in [0, 0.1) is 0 Å². The standard InChI is InChI=1S/C28H28F3N5O5S/c1-41-16-24(37)36-15-18-11-22(42(2,39)40)9-10-23(18)25(36)26(38)34-20-12-32-27(33-13-20)35(21-7-8-21)14-17-3-5-19(6-4-17)28(29,30)31/h3-6,9-13,21,25H,7-8,14-16H2,1-2H3,(H,34,38)/t25-/m1/s1. The van der Waals surface area contributed by atoms with Crippen molar-refractivity contribution in [3.63, 3.8) is 0 Å². The van der Waals surface area contributed by atoms with Crippen molar-refractivity contribution in [2.45, 2.75) is 49.1 Å². The van der Waals surface area contributed by atoms with E-state index in [0.717, 1.165) is 31.2 Å². The first-order valence-corrected chi connectivity index (χ1v) is 14.9. The second-order valence-electron chi connectivity index (χ2n) is 10.3. The quantitative estimate of drug-likeness (QED) is 0.393. The number of aromatic nitrogens is 2. The Hall–Kier alpha value is -4.04. The third-order valence-corrected chi connectivity index (χ3v) is 8.22. The average molecular weight is 604 g/mol. The zero-order valence-electron chi connectivity index (χ0n) is 22.8. The van der Waals surface area contributed by atoms with Crippen molar-refractivity contribution < 1.29 is 35.9 Å². The molecule has 1 aromatic heterocycles. The highest BCUT2D eigenvalue weighted by atomic mass is 32.2. The zero-order valence-corrected chi connectivity index (χ0v) is 23.6. The molecule has 0 spiro atoms. The highest BCUT2D eigenvalue weighted by molar-refractivity contribution is 7.90. The maximum Gasteiger partial charge on any atom is 0.416 e. The number of benzene rings is 2. The molecule has 2 aromatic carbocycles. The summed E-state index contributed by atoms with van der Waals surface area (Å²) in [5.74, 6) is -0.609. The minimum absolute atomic E-state index is 0.0364. The Morgan fingerprint density at radius 1 is 1.10 bits per heavy atom. The minimum Gasteiger partial charge on any atom is -0.375 e. The van der Waals surface area contributed by atoms with Gasteiger partial charge in [-0.1, -0.05) is 18.2 Å². The summed E-state index contributed by atoms with van der Waals surface area (Å²) in [4.78, 5) is 38.3. The molecule has 222 valence electrons. The number of ether oxygens (including phenoxy) is 1. The van der Waals surface area contributed by atoms with E-state index in [2.05, 4.69) is 15.3 Å². The highest BCUT2D eigenvalue weighted by Gasteiger charge is 2.39. The van der Waals surface area contributed by atoms with Crippen LogP contribution in [0.1, 0.15) is 41.1 Å². The molecule has 5 rings (SSSR count). The molecule has 1 aliphatic heterocycles. The van der Waals surface area contributed by atoms with Crippen molar-refractivity contribution in [2.75, 3.05) is 30.2 Å². The summed E-state index contributed by atoms with van der Waals surface area (Å²) in [6.07, 6.45) is 1.32. The molecular formula is C28H28F3N5O5S. The van der Waals surface area contributed by atoms with E-state index in [0.29, 0.717) is 29.2 Å². The number of nitrogens with one attached hydrogen (secondary N) is 1. The number of amides is 2. The topological polar surface area (TPSA) is 122 Å². The molecule has 1 saturated carbocycles. The van der Waals surface area contributed by atoms with E-state index in [1.807, 2.05) is 4.90 Å². The number of alkyl halides is 3. The molecule has 1 fully saturated rings. The molecule has 14 heteroatoms. The number of carbonyl (C=O) groups is 2. The van der Waals surface area contributed by atoms with Crippen LogP contribution in [0.3, 0.4) is 0 Å². The molecule has 0 radical (unpaired) electrons. The van der Waals surface area contributed by atoms with E-state index < -0.39 is 39.4 Å². The summed E-state index contributed by atoms with van der Waals surface area (Å²) in [5.41, 5.74) is 1.27. The molecule has 10 nitrogen and oxygen atoms in total. The molecule has 1 atom stereocenters. The van der Waals surface area contributed by atoms with E-state index in [9.17, 15) is 31.2 Å². The first kappa shape index (κ1) is 29.5. The van der Waals surface area contributed by atoms with Crippen molar-refractivity contribution in [3.8, 4) is 0 Å². The number of methoxy groups -OCH3 is 1. The average Bonchev–Trinajstić information content (AvgIpc) is 3.70. The summed E-state index contributed by atoms with van der Waals surface area (Å²) in [7, 11) is -2.13. The Balaban J connectivity index is 1.33. The van der Waals surface area contributed by atoms with Gasteiger partial charge in [0.2, 0.25) is 11.9 Å². The van der Waals surface area contributed by atoms with Crippen LogP contribution in [0.2, 0.25) is 0 Å². The van der Waals surface area contributed by atoms with Crippen molar-refractivity contribution in [1.82, 2.24) is 14.9 Å².